The molecule has 1 aliphatic heterocycles. The first kappa shape index (κ1) is 54.4. The van der Waals surface area contributed by atoms with Crippen LogP contribution in [0.15, 0.2) is 151 Å². The van der Waals surface area contributed by atoms with Crippen LogP contribution in [0.3, 0.4) is 0 Å². The van der Waals surface area contributed by atoms with Crippen molar-refractivity contribution in [2.45, 2.75) is 12.6 Å². The molecule has 0 saturated heterocycles. The second kappa shape index (κ2) is 26.1. The van der Waals surface area contributed by atoms with Gasteiger partial charge >= 0.3 is 0 Å². The molecule has 9 N–H and O–H groups in total. The summed E-state index contributed by atoms with van der Waals surface area (Å²) in [7, 11) is 0. The summed E-state index contributed by atoms with van der Waals surface area (Å²) in [6.45, 7) is -0.309. The summed E-state index contributed by atoms with van der Waals surface area (Å²) in [5.41, 5.74) is 12.1. The lowest BCUT2D eigenvalue weighted by molar-refractivity contribution is -0.0295. The fourth-order valence-electron chi connectivity index (χ4n) is 6.93. The lowest BCUT2D eigenvalue weighted by Gasteiger charge is -2.15. The summed E-state index contributed by atoms with van der Waals surface area (Å²) in [6.07, 6.45) is 3.60. The van der Waals surface area contributed by atoms with Crippen molar-refractivity contribution in [1.29, 1.82) is 0 Å². The fraction of sp³-hybridized carbons (Fsp3) is 0.0943. The van der Waals surface area contributed by atoms with E-state index in [2.05, 4.69) is 45.7 Å². The molecular weight excluding hydrogens is 1130 g/mol. The number of ether oxygens (including phenoxy) is 2. The molecule has 0 spiro atoms. The first-order chi connectivity index (χ1) is 37.3. The van der Waals surface area contributed by atoms with Crippen LogP contribution in [0.5, 0.6) is 11.5 Å². The monoisotopic (exact) mass is 1180 g/mol. The molecule has 3 amide bonds. The number of benzene rings is 5. The Bertz CT molecular complexity index is 3480. The first-order valence-corrected chi connectivity index (χ1v) is 24.8. The summed E-state index contributed by atoms with van der Waals surface area (Å²) < 4.78 is 53.2. The number of aliphatic hydroxyl groups is 2. The number of hydroxylamine groups is 1. The van der Waals surface area contributed by atoms with E-state index in [1.165, 1.54) is 29.8 Å². The summed E-state index contributed by atoms with van der Waals surface area (Å²) in [5, 5.41) is 28.4. The highest BCUT2D eigenvalue weighted by Gasteiger charge is 2.22. The van der Waals surface area contributed by atoms with Crippen molar-refractivity contribution in [2.75, 3.05) is 30.6 Å². The molecule has 5 aromatic carbocycles. The molecule has 19 nitrogen and oxygen atoms in total. The van der Waals surface area contributed by atoms with Crippen molar-refractivity contribution in [3.05, 3.63) is 195 Å². The highest BCUT2D eigenvalue weighted by Crippen LogP contribution is 2.39. The number of amides is 3. The van der Waals surface area contributed by atoms with Crippen LogP contribution in [0, 0.1) is 21.0 Å². The predicted molar refractivity (Wildman–Crippen MR) is 288 cm³/mol. The third kappa shape index (κ3) is 14.5. The highest BCUT2D eigenvalue weighted by atomic mass is 127. The Labute approximate surface area is 453 Å². The standard InChI is InChI=1S/C22H16N4O3.C16H14F3IN2O4.C15H13N5OS/c23-21(27)13-4-6-14(7-5-13)22-25-19(20(26-22)16-3-1-2-10-24-16)15-8-9-17-18(11-15)29-12-28-17;17-11-3-2-10(16(25)22-26-7-9(24)6-23)15(14(11)19)21-13-4-1-8(20)5-12(13)18;21-14(17-8-11-4-2-1-3-5-11)12-9-22-15(19-12)20-13-6-7-16-10-18-13/h1-11H,12H2,(H2,23,27)(H,25,26);1-5,9,21,23-24H,6-7H2,(H,22,25);1-7,9-10H,8H2,(H,17,21)(H,16,18,19,20)/t;9-;/m.1./s1. The molecule has 4 aromatic heterocycles. The third-order valence-electron chi connectivity index (χ3n) is 10.7. The normalized spacial score (nSPS) is 11.5. The molecule has 0 radical (unpaired) electrons. The van der Waals surface area contributed by atoms with Crippen LogP contribution in [0.2, 0.25) is 0 Å². The van der Waals surface area contributed by atoms with Crippen molar-refractivity contribution in [3.63, 3.8) is 0 Å². The maximum Gasteiger partial charge on any atom is 0.277 e. The van der Waals surface area contributed by atoms with Crippen molar-refractivity contribution >= 4 is 74.0 Å². The Kier molecular flexibility index (Phi) is 18.5. The van der Waals surface area contributed by atoms with Crippen LogP contribution < -0.4 is 36.6 Å². The fourth-order valence-corrected chi connectivity index (χ4v) is 8.08. The van der Waals surface area contributed by atoms with Crippen molar-refractivity contribution < 1.29 is 52.1 Å². The van der Waals surface area contributed by atoms with Gasteiger partial charge in [-0.3, -0.25) is 24.2 Å². The van der Waals surface area contributed by atoms with Gasteiger partial charge in [-0.15, -0.1) is 11.3 Å². The Hall–Kier alpha value is -8.82. The number of halogens is 4. The van der Waals surface area contributed by atoms with Crippen molar-refractivity contribution in [2.24, 2.45) is 5.73 Å². The van der Waals surface area contributed by atoms with Crippen molar-refractivity contribution in [1.82, 2.24) is 40.7 Å². The molecule has 9 aromatic rings. The molecule has 10 rings (SSSR count). The predicted octanol–water partition coefficient (Wildman–Crippen LogP) is 8.71. The van der Waals surface area contributed by atoms with Crippen LogP contribution in [-0.2, 0) is 11.4 Å². The number of carbonyl (C=O) groups excluding carboxylic acids is 3. The number of fused-ring (bicyclic) bond motifs is 1. The second-order valence-electron chi connectivity index (χ2n) is 16.1. The SMILES string of the molecule is NC(=O)c1ccc(-c2nc(-c3ccc4c(c3)OCO4)c(-c3ccccn3)[nH]2)cc1.O=C(NCc1ccccc1)c1csc(Nc2ccncn2)n1.O=C(NOC[C@H](O)CO)c1ccc(F)c(F)c1Nc1ccc(I)cc1F. The van der Waals surface area contributed by atoms with E-state index in [0.29, 0.717) is 49.6 Å². The molecule has 0 aliphatic carbocycles. The van der Waals surface area contributed by atoms with Crippen LogP contribution >= 0.6 is 33.9 Å². The van der Waals surface area contributed by atoms with Crippen LogP contribution in [-0.4, -0.2) is 83.9 Å². The number of imidazole rings is 1. The minimum Gasteiger partial charge on any atom is -0.454 e. The third-order valence-corrected chi connectivity index (χ3v) is 12.2. The number of nitrogens with zero attached hydrogens (tertiary/aromatic N) is 5. The van der Waals surface area contributed by atoms with Gasteiger partial charge in [0.15, 0.2) is 28.3 Å². The Morgan fingerprint density at radius 2 is 1.60 bits per heavy atom. The van der Waals surface area contributed by atoms with E-state index in [-0.39, 0.29) is 24.0 Å². The minimum atomic E-state index is -1.37. The molecular formula is C53H43F3IN11O8S. The van der Waals surface area contributed by atoms with E-state index in [1.807, 2.05) is 107 Å². The number of H-pyrrole nitrogens is 1. The van der Waals surface area contributed by atoms with Gasteiger partial charge in [-0.05, 0) is 107 Å². The lowest BCUT2D eigenvalue weighted by Crippen LogP contribution is -2.30. The number of rotatable bonds is 16. The molecule has 0 bridgehead atoms. The molecule has 24 heteroatoms. The average molecular weight is 1180 g/mol. The van der Waals surface area contributed by atoms with Crippen LogP contribution in [0.1, 0.15) is 36.8 Å². The molecule has 1 aliphatic rings. The highest BCUT2D eigenvalue weighted by molar-refractivity contribution is 14.1. The number of anilines is 4. The molecule has 1 atom stereocenters. The number of carbonyl (C=O) groups is 3. The number of nitrogens with one attached hydrogen (secondary N) is 5. The van der Waals surface area contributed by atoms with Crippen molar-refractivity contribution in [3.8, 4) is 45.5 Å². The quantitative estimate of drug-likeness (QED) is 0.0332. The number of aromatic amines is 1. The van der Waals surface area contributed by atoms with Gasteiger partial charge in [-0.2, -0.15) is 0 Å². The molecule has 392 valence electrons. The number of aromatic nitrogens is 6. The Morgan fingerprint density at radius 3 is 2.32 bits per heavy atom. The largest absolute Gasteiger partial charge is 0.454 e. The average Bonchev–Trinajstić information content (AvgIpc) is 4.25. The van der Waals surface area contributed by atoms with E-state index in [0.717, 1.165) is 45.9 Å². The Balaban J connectivity index is 0.000000154. The first-order valence-electron chi connectivity index (χ1n) is 22.9. The van der Waals surface area contributed by atoms with Crippen LogP contribution in [0.4, 0.5) is 35.5 Å². The zero-order valence-corrected chi connectivity index (χ0v) is 42.9. The zero-order chi connectivity index (χ0) is 54.3. The summed E-state index contributed by atoms with van der Waals surface area (Å²) in [6, 6.07) is 35.7. The topological polar surface area (TPSA) is 274 Å². The summed E-state index contributed by atoms with van der Waals surface area (Å²) >= 11 is 3.24. The smallest absolute Gasteiger partial charge is 0.277 e. The summed E-state index contributed by atoms with van der Waals surface area (Å²) in [5.74, 6) is -2.23. The van der Waals surface area contributed by atoms with E-state index >= 15 is 0 Å². The number of thiazole rings is 1. The van der Waals surface area contributed by atoms with Gasteiger partial charge in [-0.25, -0.2) is 38.6 Å². The maximum atomic E-state index is 14.2. The molecule has 0 unspecified atom stereocenters. The maximum absolute atomic E-state index is 14.2. The zero-order valence-electron chi connectivity index (χ0n) is 39.9. The van der Waals surface area contributed by atoms with E-state index in [4.69, 9.17) is 30.4 Å². The number of aliphatic hydroxyl groups excluding tert-OH is 2. The van der Waals surface area contributed by atoms with Gasteiger partial charge in [0.2, 0.25) is 12.7 Å². The van der Waals surface area contributed by atoms with E-state index in [1.54, 1.807) is 42.0 Å². The molecule has 0 fully saturated rings. The van der Waals surface area contributed by atoms with Gasteiger partial charge in [0, 0.05) is 44.6 Å². The number of hydrogen-bond acceptors (Lipinski definition) is 16. The van der Waals surface area contributed by atoms with Gasteiger partial charge in [0.05, 0.1) is 40.6 Å². The number of hydrogen-bond donors (Lipinski definition) is 8. The van der Waals surface area contributed by atoms with Gasteiger partial charge in [0.1, 0.15) is 42.2 Å². The van der Waals surface area contributed by atoms with Gasteiger partial charge < -0.3 is 46.4 Å². The minimum absolute atomic E-state index is 0.152. The van der Waals surface area contributed by atoms with Crippen LogP contribution in [0.25, 0.3) is 34.0 Å². The van der Waals surface area contributed by atoms with E-state index in [9.17, 15) is 27.6 Å². The molecule has 5 heterocycles. The Morgan fingerprint density at radius 1 is 0.818 bits per heavy atom. The molecule has 0 saturated carbocycles. The lowest BCUT2D eigenvalue weighted by atomic mass is 10.1. The van der Waals surface area contributed by atoms with Gasteiger partial charge in [0.25, 0.3) is 11.8 Å². The number of nitrogens with two attached hydrogens (primary N) is 1. The summed E-state index contributed by atoms with van der Waals surface area (Å²) in [4.78, 5) is 65.0. The number of pyridine rings is 1. The van der Waals surface area contributed by atoms with E-state index < -0.39 is 54.3 Å². The van der Waals surface area contributed by atoms with Gasteiger partial charge in [-0.1, -0.05) is 48.5 Å². The second-order valence-corrected chi connectivity index (χ2v) is 18.2. The molecule has 77 heavy (non-hydrogen) atoms. The number of primary amides is 1.